The van der Waals surface area contributed by atoms with Crippen LogP contribution in [0.15, 0.2) is 67.0 Å². The number of benzene rings is 2. The molecule has 0 bridgehead atoms. The van der Waals surface area contributed by atoms with Gasteiger partial charge in [0.1, 0.15) is 17.0 Å². The number of methoxy groups -OCH3 is 1. The molecule has 0 aliphatic carbocycles. The van der Waals surface area contributed by atoms with E-state index in [4.69, 9.17) is 4.74 Å². The molecule has 0 radical (unpaired) electrons. The summed E-state index contributed by atoms with van der Waals surface area (Å²) >= 11 is 0. The van der Waals surface area contributed by atoms with Gasteiger partial charge in [0, 0.05) is 11.3 Å². The second-order valence-electron chi connectivity index (χ2n) is 8.84. The summed E-state index contributed by atoms with van der Waals surface area (Å²) < 4.78 is 9.75. The molecule has 1 heterocycles. The minimum absolute atomic E-state index is 0.115. The highest BCUT2D eigenvalue weighted by Gasteiger charge is 2.32. The molecule has 3 rings (SSSR count). The number of fused-ring (bicyclic) bond motifs is 1. The lowest BCUT2D eigenvalue weighted by atomic mass is 10.0. The number of nitrogens with one attached hydrogen (secondary N) is 2. The van der Waals surface area contributed by atoms with Gasteiger partial charge in [-0.05, 0) is 61.7 Å². The van der Waals surface area contributed by atoms with Crippen molar-refractivity contribution >= 4 is 29.6 Å². The molecule has 1 aliphatic rings. The molecular formula is C26H27N3O6. The van der Waals surface area contributed by atoms with Crippen LogP contribution in [0.1, 0.15) is 36.7 Å². The van der Waals surface area contributed by atoms with E-state index in [-0.39, 0.29) is 23.8 Å². The van der Waals surface area contributed by atoms with Crippen LogP contribution in [0, 0.1) is 0 Å². The van der Waals surface area contributed by atoms with E-state index >= 15 is 0 Å². The molecule has 0 spiro atoms. The number of carbonyl (C=O) groups excluding carboxylic acids is 4. The predicted octanol–water partition coefficient (Wildman–Crippen LogP) is 3.97. The third kappa shape index (κ3) is 5.94. The van der Waals surface area contributed by atoms with E-state index < -0.39 is 23.6 Å². The number of nitrogens with zero attached hydrogens (tertiary/aromatic N) is 1. The van der Waals surface area contributed by atoms with E-state index in [0.29, 0.717) is 11.3 Å². The minimum atomic E-state index is -0.792. The van der Waals surface area contributed by atoms with Crippen molar-refractivity contribution in [3.8, 4) is 11.1 Å². The average molecular weight is 478 g/mol. The molecule has 0 atom stereocenters. The molecule has 3 amide bonds. The Hall–Kier alpha value is -4.40. The number of anilines is 1. The molecule has 0 unspecified atom stereocenters. The molecule has 0 fully saturated rings. The largest absolute Gasteiger partial charge is 0.464 e. The third-order valence-electron chi connectivity index (χ3n) is 5.06. The zero-order chi connectivity index (χ0) is 25.9. The van der Waals surface area contributed by atoms with Crippen molar-refractivity contribution < 1.29 is 28.7 Å². The van der Waals surface area contributed by atoms with Crippen LogP contribution in [0.4, 0.5) is 10.5 Å². The fourth-order valence-electron chi connectivity index (χ4n) is 3.39. The monoisotopic (exact) mass is 477 g/mol. The predicted molar refractivity (Wildman–Crippen MR) is 130 cm³/mol. The summed E-state index contributed by atoms with van der Waals surface area (Å²) in [7, 11) is 1.16. The van der Waals surface area contributed by atoms with Gasteiger partial charge in [-0.2, -0.15) is 0 Å². The summed E-state index contributed by atoms with van der Waals surface area (Å²) in [5.74, 6) is -1.89. The number of hydrogen-bond donors (Lipinski definition) is 2. The van der Waals surface area contributed by atoms with Crippen molar-refractivity contribution in [3.05, 3.63) is 78.1 Å². The van der Waals surface area contributed by atoms with E-state index in [1.807, 2.05) is 18.2 Å². The first-order chi connectivity index (χ1) is 16.4. The lowest BCUT2D eigenvalue weighted by molar-refractivity contribution is -0.137. The van der Waals surface area contributed by atoms with Crippen LogP contribution in [-0.2, 0) is 25.6 Å². The van der Waals surface area contributed by atoms with E-state index in [1.54, 1.807) is 45.0 Å². The van der Waals surface area contributed by atoms with Crippen LogP contribution in [0.5, 0.6) is 0 Å². The number of hydrogen-bond acceptors (Lipinski definition) is 6. The highest BCUT2D eigenvalue weighted by molar-refractivity contribution is 6.07. The Kier molecular flexibility index (Phi) is 7.09. The third-order valence-corrected chi connectivity index (χ3v) is 5.06. The Bertz CT molecular complexity index is 1220. The van der Waals surface area contributed by atoms with E-state index in [2.05, 4.69) is 28.5 Å². The number of esters is 1. The average Bonchev–Trinajstić information content (AvgIpc) is 3.12. The summed E-state index contributed by atoms with van der Waals surface area (Å²) in [6.45, 7) is 12.6. The Labute approximate surface area is 203 Å². The summed E-state index contributed by atoms with van der Waals surface area (Å²) in [6, 6.07) is 12.6. The molecule has 0 saturated carbocycles. The molecule has 9 nitrogen and oxygen atoms in total. The highest BCUT2D eigenvalue weighted by atomic mass is 16.6. The lowest BCUT2D eigenvalue weighted by Crippen LogP contribution is -2.36. The SMILES string of the molecule is C=C(NC(=O)C(=C)N1Cc2cc(-c3ccc(NC(=O)OC(C)(C)C)cc3)ccc2C1=O)C(=O)OC. The second-order valence-corrected chi connectivity index (χ2v) is 8.84. The molecule has 182 valence electrons. The van der Waals surface area contributed by atoms with E-state index in [1.165, 1.54) is 4.90 Å². The second kappa shape index (κ2) is 9.84. The van der Waals surface area contributed by atoms with E-state index in [0.717, 1.165) is 23.8 Å². The first-order valence-corrected chi connectivity index (χ1v) is 10.7. The molecule has 2 N–H and O–H groups in total. The molecule has 2 aromatic carbocycles. The van der Waals surface area contributed by atoms with Crippen LogP contribution < -0.4 is 10.6 Å². The van der Waals surface area contributed by atoms with Gasteiger partial charge in [-0.25, -0.2) is 9.59 Å². The zero-order valence-corrected chi connectivity index (χ0v) is 20.1. The summed E-state index contributed by atoms with van der Waals surface area (Å²) in [4.78, 5) is 49.9. The van der Waals surface area contributed by atoms with Crippen LogP contribution in [0.2, 0.25) is 0 Å². The van der Waals surface area contributed by atoms with Crippen molar-refractivity contribution in [3.63, 3.8) is 0 Å². The lowest BCUT2D eigenvalue weighted by Gasteiger charge is -2.19. The normalized spacial score (nSPS) is 12.5. The van der Waals surface area contributed by atoms with Gasteiger partial charge in [0.2, 0.25) is 0 Å². The van der Waals surface area contributed by atoms with Gasteiger partial charge < -0.3 is 14.8 Å². The van der Waals surface area contributed by atoms with Gasteiger partial charge in [0.25, 0.3) is 11.8 Å². The van der Waals surface area contributed by atoms with Crippen molar-refractivity contribution in [2.45, 2.75) is 32.9 Å². The topological polar surface area (TPSA) is 114 Å². The fraction of sp³-hybridized carbons (Fsp3) is 0.231. The minimum Gasteiger partial charge on any atom is -0.464 e. The van der Waals surface area contributed by atoms with Crippen molar-refractivity contribution in [2.75, 3.05) is 12.4 Å². The van der Waals surface area contributed by atoms with Gasteiger partial charge in [0.15, 0.2) is 0 Å². The standard InChI is InChI=1S/C26H27N3O6/c1-15(24(32)34-6)27-22(30)16(2)29-14-19-13-18(9-12-21(19)23(29)31)17-7-10-20(11-8-17)28-25(33)35-26(3,4)5/h7-13H,1-2,14H2,3-6H3,(H,27,30)(H,28,33). The summed E-state index contributed by atoms with van der Waals surface area (Å²) in [6.07, 6.45) is -0.541. The molecule has 9 heteroatoms. The Balaban J connectivity index is 1.70. The number of amides is 3. The van der Waals surface area contributed by atoms with Gasteiger partial charge >= 0.3 is 12.1 Å². The van der Waals surface area contributed by atoms with Crippen molar-refractivity contribution in [1.29, 1.82) is 0 Å². The van der Waals surface area contributed by atoms with Gasteiger partial charge in [-0.1, -0.05) is 31.4 Å². The van der Waals surface area contributed by atoms with E-state index in [9.17, 15) is 19.2 Å². The molecule has 0 saturated heterocycles. The van der Waals surface area contributed by atoms with Gasteiger partial charge in [-0.3, -0.25) is 19.8 Å². The molecule has 2 aromatic rings. The Morgan fingerprint density at radius 3 is 2.23 bits per heavy atom. The molecule has 1 aliphatic heterocycles. The number of rotatable bonds is 6. The summed E-state index contributed by atoms with van der Waals surface area (Å²) in [5, 5.41) is 4.96. The maximum Gasteiger partial charge on any atom is 0.412 e. The maximum atomic E-state index is 12.8. The van der Waals surface area contributed by atoms with Gasteiger partial charge in [0.05, 0.1) is 13.7 Å². The summed E-state index contributed by atoms with van der Waals surface area (Å²) in [5.41, 5.74) is 2.53. The number of ether oxygens (including phenoxy) is 2. The Morgan fingerprint density at radius 2 is 1.63 bits per heavy atom. The molecular weight excluding hydrogens is 450 g/mol. The molecule has 35 heavy (non-hydrogen) atoms. The first-order valence-electron chi connectivity index (χ1n) is 10.7. The number of carbonyl (C=O) groups is 4. The van der Waals surface area contributed by atoms with Crippen molar-refractivity contribution in [1.82, 2.24) is 10.2 Å². The molecule has 0 aromatic heterocycles. The maximum absolute atomic E-state index is 12.8. The quantitative estimate of drug-likeness (QED) is 0.481. The smallest absolute Gasteiger partial charge is 0.412 e. The van der Waals surface area contributed by atoms with Crippen LogP contribution in [0.3, 0.4) is 0 Å². The van der Waals surface area contributed by atoms with Gasteiger partial charge in [-0.15, -0.1) is 0 Å². The van der Waals surface area contributed by atoms with Crippen molar-refractivity contribution in [2.24, 2.45) is 0 Å². The Morgan fingerprint density at radius 1 is 1.00 bits per heavy atom. The zero-order valence-electron chi connectivity index (χ0n) is 20.1. The van der Waals surface area contributed by atoms with Crippen LogP contribution in [-0.4, -0.2) is 41.5 Å². The van der Waals surface area contributed by atoms with Crippen LogP contribution >= 0.6 is 0 Å². The van der Waals surface area contributed by atoms with Crippen LogP contribution in [0.25, 0.3) is 11.1 Å². The fourth-order valence-corrected chi connectivity index (χ4v) is 3.39. The first kappa shape index (κ1) is 25.2. The highest BCUT2D eigenvalue weighted by Crippen LogP contribution is 2.31.